The maximum absolute atomic E-state index is 13.0. The topological polar surface area (TPSA) is 20.3 Å². The van der Waals surface area contributed by atoms with Crippen molar-refractivity contribution in [2.75, 3.05) is 6.54 Å². The summed E-state index contributed by atoms with van der Waals surface area (Å²) < 4.78 is 13.0. The molecule has 66 valence electrons. The Morgan fingerprint density at radius 2 is 2.42 bits per heavy atom. The van der Waals surface area contributed by atoms with Crippen LogP contribution in [0.5, 0.6) is 0 Å². The largest absolute Gasteiger partial charge is 0.335 e. The van der Waals surface area contributed by atoms with Crippen LogP contribution in [0.2, 0.25) is 0 Å². The third kappa shape index (κ3) is 1.94. The van der Waals surface area contributed by atoms with E-state index in [1.54, 1.807) is 6.08 Å². The molecule has 0 aliphatic carbocycles. The van der Waals surface area contributed by atoms with Crippen molar-refractivity contribution in [1.29, 1.82) is 0 Å². The minimum atomic E-state index is -0.333. The number of allylic oxidation sites excluding steroid dienone is 2. The second-order valence-electron chi connectivity index (χ2n) is 2.94. The van der Waals surface area contributed by atoms with Crippen molar-refractivity contribution in [3.05, 3.63) is 24.2 Å². The first-order chi connectivity index (χ1) is 5.61. The molecule has 1 aliphatic rings. The molecule has 0 aromatic heterocycles. The van der Waals surface area contributed by atoms with E-state index in [1.807, 2.05) is 13.0 Å². The Hall–Kier alpha value is -1.12. The molecule has 2 nitrogen and oxygen atoms in total. The molecular formula is C9H12FNO. The Morgan fingerprint density at radius 3 is 2.92 bits per heavy atom. The van der Waals surface area contributed by atoms with E-state index in [0.29, 0.717) is 0 Å². The standard InChI is InChI=1S/C9H12FNO/c1-7-4-3-5-9(10)11(7)6-8(2)12/h3-5,7H,6H2,1-2H3. The van der Waals surface area contributed by atoms with Crippen LogP contribution in [0, 0.1) is 0 Å². The summed E-state index contributed by atoms with van der Waals surface area (Å²) in [7, 11) is 0. The number of nitrogens with zero attached hydrogens (tertiary/aromatic N) is 1. The van der Waals surface area contributed by atoms with Crippen LogP contribution in [0.25, 0.3) is 0 Å². The number of rotatable bonds is 2. The number of Topliss-reactive ketones (excluding diaryl/α,β-unsaturated/α-hetero) is 1. The quantitative estimate of drug-likeness (QED) is 0.586. The lowest BCUT2D eigenvalue weighted by Crippen LogP contribution is -2.34. The molecule has 1 aliphatic heterocycles. The first-order valence-corrected chi connectivity index (χ1v) is 3.91. The summed E-state index contributed by atoms with van der Waals surface area (Å²) in [5, 5.41) is 0. The molecule has 0 N–H and O–H groups in total. The molecule has 0 aromatic carbocycles. The first-order valence-electron chi connectivity index (χ1n) is 3.91. The molecule has 0 amide bonds. The number of hydrogen-bond donors (Lipinski definition) is 0. The summed E-state index contributed by atoms with van der Waals surface area (Å²) in [5.74, 6) is -0.360. The van der Waals surface area contributed by atoms with Gasteiger partial charge >= 0.3 is 0 Å². The summed E-state index contributed by atoms with van der Waals surface area (Å²) >= 11 is 0. The van der Waals surface area contributed by atoms with E-state index < -0.39 is 0 Å². The molecule has 1 atom stereocenters. The summed E-state index contributed by atoms with van der Waals surface area (Å²) in [6.45, 7) is 3.46. The van der Waals surface area contributed by atoms with Gasteiger partial charge in [-0.25, -0.2) is 0 Å². The van der Waals surface area contributed by atoms with Crippen LogP contribution >= 0.6 is 0 Å². The van der Waals surface area contributed by atoms with Gasteiger partial charge in [0.05, 0.1) is 6.54 Å². The Kier molecular flexibility index (Phi) is 2.63. The molecule has 0 saturated carbocycles. The van der Waals surface area contributed by atoms with E-state index in [1.165, 1.54) is 17.9 Å². The third-order valence-corrected chi connectivity index (χ3v) is 1.78. The van der Waals surface area contributed by atoms with Crippen molar-refractivity contribution in [3.63, 3.8) is 0 Å². The number of ketones is 1. The monoisotopic (exact) mass is 169 g/mol. The van der Waals surface area contributed by atoms with Gasteiger partial charge in [0.25, 0.3) is 0 Å². The molecule has 0 spiro atoms. The second-order valence-corrected chi connectivity index (χ2v) is 2.94. The molecule has 0 bridgehead atoms. The number of hydrogen-bond acceptors (Lipinski definition) is 2. The molecular weight excluding hydrogens is 157 g/mol. The predicted octanol–water partition coefficient (Wildman–Crippen LogP) is 1.65. The molecule has 0 aromatic rings. The Labute approximate surface area is 71.4 Å². The summed E-state index contributed by atoms with van der Waals surface area (Å²) in [6.07, 6.45) is 4.88. The van der Waals surface area contributed by atoms with E-state index in [0.717, 1.165) is 0 Å². The second kappa shape index (κ2) is 3.52. The van der Waals surface area contributed by atoms with Crippen molar-refractivity contribution in [3.8, 4) is 0 Å². The van der Waals surface area contributed by atoms with Crippen LogP contribution < -0.4 is 0 Å². The number of halogens is 1. The van der Waals surface area contributed by atoms with E-state index in [4.69, 9.17) is 0 Å². The first kappa shape index (κ1) is 8.97. The van der Waals surface area contributed by atoms with Crippen molar-refractivity contribution in [2.45, 2.75) is 19.9 Å². The Morgan fingerprint density at radius 1 is 1.75 bits per heavy atom. The zero-order valence-electron chi connectivity index (χ0n) is 7.25. The van der Waals surface area contributed by atoms with Gasteiger partial charge in [-0.2, -0.15) is 4.39 Å². The number of carbonyl (C=O) groups is 1. The molecule has 0 fully saturated rings. The van der Waals surface area contributed by atoms with Gasteiger partial charge in [0.15, 0.2) is 5.95 Å². The molecule has 0 radical (unpaired) electrons. The van der Waals surface area contributed by atoms with E-state index >= 15 is 0 Å². The smallest absolute Gasteiger partial charge is 0.190 e. The van der Waals surface area contributed by atoms with Gasteiger partial charge in [0.2, 0.25) is 0 Å². The third-order valence-electron chi connectivity index (χ3n) is 1.78. The SMILES string of the molecule is CC(=O)CN1C(F)=CC=CC1C. The minimum Gasteiger partial charge on any atom is -0.335 e. The molecule has 1 unspecified atom stereocenters. The van der Waals surface area contributed by atoms with Gasteiger partial charge in [0.1, 0.15) is 5.78 Å². The highest BCUT2D eigenvalue weighted by Crippen LogP contribution is 2.16. The molecule has 1 heterocycles. The molecule has 0 saturated heterocycles. The van der Waals surface area contributed by atoms with E-state index in [-0.39, 0.29) is 24.3 Å². The van der Waals surface area contributed by atoms with Crippen LogP contribution in [-0.4, -0.2) is 23.3 Å². The maximum Gasteiger partial charge on any atom is 0.190 e. The zero-order valence-corrected chi connectivity index (χ0v) is 7.25. The minimum absolute atomic E-state index is 0.0271. The number of carbonyl (C=O) groups excluding carboxylic acids is 1. The van der Waals surface area contributed by atoms with Gasteiger partial charge in [-0.15, -0.1) is 0 Å². The van der Waals surface area contributed by atoms with Gasteiger partial charge in [-0.1, -0.05) is 12.2 Å². The van der Waals surface area contributed by atoms with Crippen LogP contribution in [0.4, 0.5) is 4.39 Å². The normalized spacial score (nSPS) is 22.4. The highest BCUT2D eigenvalue weighted by atomic mass is 19.1. The van der Waals surface area contributed by atoms with Crippen molar-refractivity contribution in [1.82, 2.24) is 4.90 Å². The maximum atomic E-state index is 13.0. The van der Waals surface area contributed by atoms with Crippen molar-refractivity contribution < 1.29 is 9.18 Å². The van der Waals surface area contributed by atoms with Gasteiger partial charge in [-0.05, 0) is 19.9 Å². The van der Waals surface area contributed by atoms with Crippen molar-refractivity contribution in [2.24, 2.45) is 0 Å². The van der Waals surface area contributed by atoms with Crippen molar-refractivity contribution >= 4 is 5.78 Å². The fourth-order valence-corrected chi connectivity index (χ4v) is 1.15. The lowest BCUT2D eigenvalue weighted by molar-refractivity contribution is -0.118. The summed E-state index contributed by atoms with van der Waals surface area (Å²) in [4.78, 5) is 12.2. The zero-order chi connectivity index (χ0) is 9.14. The lowest BCUT2D eigenvalue weighted by atomic mass is 10.2. The highest BCUT2D eigenvalue weighted by Gasteiger charge is 2.17. The Bertz CT molecular complexity index is 245. The highest BCUT2D eigenvalue weighted by molar-refractivity contribution is 5.77. The van der Waals surface area contributed by atoms with Gasteiger partial charge in [0, 0.05) is 6.04 Å². The van der Waals surface area contributed by atoms with Crippen LogP contribution in [-0.2, 0) is 4.79 Å². The van der Waals surface area contributed by atoms with E-state index in [9.17, 15) is 9.18 Å². The van der Waals surface area contributed by atoms with Crippen LogP contribution in [0.1, 0.15) is 13.8 Å². The van der Waals surface area contributed by atoms with Crippen LogP contribution in [0.15, 0.2) is 24.2 Å². The average Bonchev–Trinajstić information content (AvgIpc) is 1.97. The predicted molar refractivity (Wildman–Crippen MR) is 45.2 cm³/mol. The van der Waals surface area contributed by atoms with Gasteiger partial charge < -0.3 is 4.90 Å². The van der Waals surface area contributed by atoms with Crippen LogP contribution in [0.3, 0.4) is 0 Å². The average molecular weight is 169 g/mol. The molecule has 12 heavy (non-hydrogen) atoms. The van der Waals surface area contributed by atoms with Gasteiger partial charge in [-0.3, -0.25) is 4.79 Å². The lowest BCUT2D eigenvalue weighted by Gasteiger charge is -2.28. The summed E-state index contributed by atoms with van der Waals surface area (Å²) in [6, 6.07) is -0.0288. The fraction of sp³-hybridized carbons (Fsp3) is 0.444. The molecule has 3 heteroatoms. The molecule has 1 rings (SSSR count). The Balaban J connectivity index is 2.68. The van der Waals surface area contributed by atoms with E-state index in [2.05, 4.69) is 0 Å². The summed E-state index contributed by atoms with van der Waals surface area (Å²) in [5.41, 5.74) is 0. The fourth-order valence-electron chi connectivity index (χ4n) is 1.15.